The summed E-state index contributed by atoms with van der Waals surface area (Å²) in [5, 5.41) is 8.41. The molecule has 0 unspecified atom stereocenters. The third kappa shape index (κ3) is 2.98. The highest BCUT2D eigenvalue weighted by atomic mass is 16.2. The van der Waals surface area contributed by atoms with Gasteiger partial charge in [-0.1, -0.05) is 6.07 Å². The van der Waals surface area contributed by atoms with Crippen LogP contribution in [-0.4, -0.2) is 51.3 Å². The highest BCUT2D eigenvalue weighted by Gasteiger charge is 2.20. The molecule has 8 heteroatoms. The van der Waals surface area contributed by atoms with Gasteiger partial charge < -0.3 is 10.2 Å². The number of pyridine rings is 1. The normalized spacial score (nSPS) is 13.2. The molecule has 0 aliphatic carbocycles. The Balaban J connectivity index is 1.58. The number of fused-ring (bicyclic) bond motifs is 2. The van der Waals surface area contributed by atoms with Crippen LogP contribution in [0.2, 0.25) is 0 Å². The van der Waals surface area contributed by atoms with Crippen molar-refractivity contribution in [3.8, 4) is 22.5 Å². The molecule has 5 rings (SSSR count). The van der Waals surface area contributed by atoms with Crippen molar-refractivity contribution >= 4 is 22.6 Å². The topological polar surface area (TPSA) is 88.8 Å². The second-order valence-electron chi connectivity index (χ2n) is 7.15. The van der Waals surface area contributed by atoms with Crippen LogP contribution in [0.1, 0.15) is 10.5 Å². The Bertz CT molecular complexity index is 1250. The van der Waals surface area contributed by atoms with E-state index in [-0.39, 0.29) is 5.91 Å². The molecule has 4 aromatic rings. The van der Waals surface area contributed by atoms with E-state index in [1.165, 1.54) is 0 Å². The molecule has 1 amide bonds. The fourth-order valence-electron chi connectivity index (χ4n) is 3.58. The minimum atomic E-state index is -0.0879. The highest BCUT2D eigenvalue weighted by Crippen LogP contribution is 2.29. The summed E-state index contributed by atoms with van der Waals surface area (Å²) in [5.41, 5.74) is 4.95. The molecule has 144 valence electrons. The number of anilines is 1. The largest absolute Gasteiger partial charge is 0.362 e. The van der Waals surface area contributed by atoms with Crippen molar-refractivity contribution in [2.45, 2.75) is 6.54 Å². The van der Waals surface area contributed by atoms with E-state index < -0.39 is 0 Å². The number of aromatic nitrogens is 5. The second-order valence-corrected chi connectivity index (χ2v) is 7.15. The summed E-state index contributed by atoms with van der Waals surface area (Å²) in [5.74, 6) is 0.774. The SMILES string of the molecule is CN(C)c1ncnc2ccc(-c3cc(-c4cc5n(n4)CCNC5=O)ccn3)cc12. The molecular formula is C21H19N7O. The van der Waals surface area contributed by atoms with E-state index in [1.54, 1.807) is 17.2 Å². The van der Waals surface area contributed by atoms with E-state index in [9.17, 15) is 4.79 Å². The number of benzene rings is 1. The van der Waals surface area contributed by atoms with Gasteiger partial charge in [0, 0.05) is 43.4 Å². The van der Waals surface area contributed by atoms with E-state index >= 15 is 0 Å². The van der Waals surface area contributed by atoms with E-state index in [0.29, 0.717) is 18.8 Å². The van der Waals surface area contributed by atoms with Crippen molar-refractivity contribution in [1.29, 1.82) is 0 Å². The predicted molar refractivity (Wildman–Crippen MR) is 111 cm³/mol. The fraction of sp³-hybridized carbons (Fsp3) is 0.190. The van der Waals surface area contributed by atoms with Crippen molar-refractivity contribution < 1.29 is 4.79 Å². The Morgan fingerprint density at radius 1 is 1.00 bits per heavy atom. The van der Waals surface area contributed by atoms with Crippen LogP contribution in [0.15, 0.2) is 48.9 Å². The molecule has 0 bridgehead atoms. The Kier molecular flexibility index (Phi) is 3.97. The predicted octanol–water partition coefficient (Wildman–Crippen LogP) is 2.36. The van der Waals surface area contributed by atoms with Gasteiger partial charge in [0.25, 0.3) is 5.91 Å². The molecule has 1 aromatic carbocycles. The monoisotopic (exact) mass is 385 g/mol. The fourth-order valence-corrected chi connectivity index (χ4v) is 3.58. The molecule has 8 nitrogen and oxygen atoms in total. The van der Waals surface area contributed by atoms with Gasteiger partial charge in [-0.25, -0.2) is 9.97 Å². The summed E-state index contributed by atoms with van der Waals surface area (Å²) in [6, 6.07) is 11.8. The lowest BCUT2D eigenvalue weighted by Gasteiger charge is -2.14. The van der Waals surface area contributed by atoms with Gasteiger partial charge in [0.15, 0.2) is 0 Å². The third-order valence-corrected chi connectivity index (χ3v) is 5.01. The number of nitrogens with zero attached hydrogens (tertiary/aromatic N) is 6. The van der Waals surface area contributed by atoms with Crippen molar-refractivity contribution in [3.05, 3.63) is 54.6 Å². The molecular weight excluding hydrogens is 366 g/mol. The van der Waals surface area contributed by atoms with Crippen LogP contribution in [-0.2, 0) is 6.54 Å². The van der Waals surface area contributed by atoms with Crippen molar-refractivity contribution in [1.82, 2.24) is 30.0 Å². The van der Waals surface area contributed by atoms with Gasteiger partial charge in [-0.15, -0.1) is 0 Å². The smallest absolute Gasteiger partial charge is 0.269 e. The molecule has 1 aliphatic rings. The van der Waals surface area contributed by atoms with Gasteiger partial charge in [0.05, 0.1) is 23.4 Å². The number of rotatable bonds is 3. The summed E-state index contributed by atoms with van der Waals surface area (Å²) in [6.07, 6.45) is 3.34. The Morgan fingerprint density at radius 3 is 2.69 bits per heavy atom. The lowest BCUT2D eigenvalue weighted by molar-refractivity contribution is 0.0924. The number of nitrogens with one attached hydrogen (secondary N) is 1. The molecule has 0 fully saturated rings. The lowest BCUT2D eigenvalue weighted by Crippen LogP contribution is -2.35. The molecule has 1 aliphatic heterocycles. The first kappa shape index (κ1) is 17.3. The number of carbonyl (C=O) groups is 1. The molecule has 0 atom stereocenters. The quantitative estimate of drug-likeness (QED) is 0.582. The minimum Gasteiger partial charge on any atom is -0.362 e. The first-order valence-corrected chi connectivity index (χ1v) is 9.35. The maximum Gasteiger partial charge on any atom is 0.269 e. The van der Waals surface area contributed by atoms with E-state index in [0.717, 1.165) is 39.2 Å². The van der Waals surface area contributed by atoms with Crippen molar-refractivity contribution in [2.75, 3.05) is 25.5 Å². The van der Waals surface area contributed by atoms with Crippen LogP contribution >= 0.6 is 0 Å². The zero-order valence-electron chi connectivity index (χ0n) is 16.1. The molecule has 0 saturated carbocycles. The molecule has 0 radical (unpaired) electrons. The molecule has 4 heterocycles. The second kappa shape index (κ2) is 6.66. The van der Waals surface area contributed by atoms with Crippen LogP contribution in [0.4, 0.5) is 5.82 Å². The van der Waals surface area contributed by atoms with Gasteiger partial charge >= 0.3 is 0 Å². The van der Waals surface area contributed by atoms with Gasteiger partial charge in [-0.05, 0) is 30.3 Å². The van der Waals surface area contributed by atoms with Crippen LogP contribution < -0.4 is 10.2 Å². The summed E-state index contributed by atoms with van der Waals surface area (Å²) in [4.78, 5) is 27.3. The van der Waals surface area contributed by atoms with E-state index in [1.807, 2.05) is 49.3 Å². The molecule has 3 aromatic heterocycles. The first-order chi connectivity index (χ1) is 14.1. The summed E-state index contributed by atoms with van der Waals surface area (Å²) in [6.45, 7) is 1.28. The Morgan fingerprint density at radius 2 is 1.86 bits per heavy atom. The third-order valence-electron chi connectivity index (χ3n) is 5.01. The van der Waals surface area contributed by atoms with Gasteiger partial charge in [0.2, 0.25) is 0 Å². The molecule has 1 N–H and O–H groups in total. The first-order valence-electron chi connectivity index (χ1n) is 9.35. The van der Waals surface area contributed by atoms with Crippen LogP contribution in [0.3, 0.4) is 0 Å². The zero-order chi connectivity index (χ0) is 20.0. The van der Waals surface area contributed by atoms with Gasteiger partial charge in [-0.3, -0.25) is 14.5 Å². The van der Waals surface area contributed by atoms with Crippen LogP contribution in [0, 0.1) is 0 Å². The number of hydrogen-bond donors (Lipinski definition) is 1. The summed E-state index contributed by atoms with van der Waals surface area (Å²) < 4.78 is 1.75. The number of carbonyl (C=O) groups excluding carboxylic acids is 1. The summed E-state index contributed by atoms with van der Waals surface area (Å²) >= 11 is 0. The average Bonchev–Trinajstić information content (AvgIpc) is 3.19. The molecule has 0 spiro atoms. The van der Waals surface area contributed by atoms with E-state index in [4.69, 9.17) is 0 Å². The average molecular weight is 385 g/mol. The van der Waals surface area contributed by atoms with Crippen molar-refractivity contribution in [3.63, 3.8) is 0 Å². The number of amides is 1. The molecule has 0 saturated heterocycles. The molecule has 29 heavy (non-hydrogen) atoms. The minimum absolute atomic E-state index is 0.0879. The highest BCUT2D eigenvalue weighted by molar-refractivity contribution is 5.95. The Hall–Kier alpha value is -3.81. The summed E-state index contributed by atoms with van der Waals surface area (Å²) in [7, 11) is 3.92. The van der Waals surface area contributed by atoms with Crippen LogP contribution in [0.5, 0.6) is 0 Å². The maximum atomic E-state index is 12.0. The Labute approximate surface area is 167 Å². The lowest BCUT2D eigenvalue weighted by atomic mass is 10.0. The van der Waals surface area contributed by atoms with Crippen LogP contribution in [0.25, 0.3) is 33.4 Å². The van der Waals surface area contributed by atoms with Gasteiger partial charge in [-0.2, -0.15) is 5.10 Å². The standard InChI is InChI=1S/C21H19N7O/c1-27(2)20-15-9-13(3-4-16(15)24-12-25-20)17-10-14(5-6-22-17)18-11-19-21(29)23-7-8-28(19)26-18/h3-6,9-12H,7-8H2,1-2H3,(H,23,29). The zero-order valence-corrected chi connectivity index (χ0v) is 16.1. The van der Waals surface area contributed by atoms with E-state index in [2.05, 4.69) is 31.4 Å². The van der Waals surface area contributed by atoms with Gasteiger partial charge in [0.1, 0.15) is 17.8 Å². The maximum absolute atomic E-state index is 12.0. The van der Waals surface area contributed by atoms with Crippen molar-refractivity contribution in [2.24, 2.45) is 0 Å². The number of hydrogen-bond acceptors (Lipinski definition) is 6.